The number of hydrazine groups is 1. The number of carbonyl (C=O) groups is 2. The molecule has 0 aliphatic rings. The van der Waals surface area contributed by atoms with Gasteiger partial charge in [0.2, 0.25) is 11.2 Å². The van der Waals surface area contributed by atoms with E-state index < -0.39 is 17.9 Å². The van der Waals surface area contributed by atoms with Crippen molar-refractivity contribution in [3.63, 3.8) is 0 Å². The molecule has 22 heavy (non-hydrogen) atoms. The highest BCUT2D eigenvalue weighted by molar-refractivity contribution is 6.07. The Morgan fingerprint density at radius 2 is 1.82 bits per heavy atom. The zero-order chi connectivity index (χ0) is 16.7. The van der Waals surface area contributed by atoms with Gasteiger partial charge >= 0.3 is 6.20 Å². The first-order valence-corrected chi connectivity index (χ1v) is 6.56. The zero-order valence-electron chi connectivity index (χ0n) is 12.3. The number of aliphatic hydroxyl groups is 1. The Labute approximate surface area is 127 Å². The van der Waals surface area contributed by atoms with E-state index in [1.54, 1.807) is 26.0 Å². The Bertz CT molecular complexity index is 634. The van der Waals surface area contributed by atoms with E-state index >= 15 is 0 Å². The van der Waals surface area contributed by atoms with E-state index in [2.05, 4.69) is 10.3 Å². The minimum Gasteiger partial charge on any atom is -0.504 e. The summed E-state index contributed by atoms with van der Waals surface area (Å²) in [5.74, 6) is 3.46. The fourth-order valence-corrected chi connectivity index (χ4v) is 1.90. The number of hydrogen-bond donors (Lipinski definition) is 4. The van der Waals surface area contributed by atoms with Crippen LogP contribution in [0.1, 0.15) is 34.6 Å². The summed E-state index contributed by atoms with van der Waals surface area (Å²) >= 11 is 0. The SMILES string of the molecule is CC(C)C(NC(=O)c1ccccc1C(=O)NN)/C(O)=C\[N+]#N. The zero-order valence-corrected chi connectivity index (χ0v) is 12.3. The Balaban J connectivity index is 3.09. The van der Waals surface area contributed by atoms with Crippen molar-refractivity contribution in [3.8, 4) is 0 Å². The van der Waals surface area contributed by atoms with Crippen LogP contribution in [0.25, 0.3) is 4.98 Å². The first-order valence-electron chi connectivity index (χ1n) is 6.56. The number of nitrogens with one attached hydrogen (secondary N) is 2. The van der Waals surface area contributed by atoms with Crippen LogP contribution in [0.5, 0.6) is 0 Å². The lowest BCUT2D eigenvalue weighted by Gasteiger charge is -2.20. The van der Waals surface area contributed by atoms with E-state index in [4.69, 9.17) is 11.2 Å². The van der Waals surface area contributed by atoms with Gasteiger partial charge in [-0.3, -0.25) is 15.0 Å². The highest BCUT2D eigenvalue weighted by atomic mass is 16.3. The number of nitrogen functional groups attached to an aromatic ring is 1. The molecule has 0 saturated carbocycles. The quantitative estimate of drug-likeness (QED) is 0.214. The van der Waals surface area contributed by atoms with Gasteiger partial charge in [0.1, 0.15) is 0 Å². The predicted molar refractivity (Wildman–Crippen MR) is 80.0 cm³/mol. The van der Waals surface area contributed by atoms with Gasteiger partial charge in [-0.1, -0.05) is 26.0 Å². The predicted octanol–water partition coefficient (Wildman–Crippen LogP) is 1.30. The van der Waals surface area contributed by atoms with Gasteiger partial charge in [0.05, 0.1) is 17.2 Å². The second kappa shape index (κ2) is 7.75. The van der Waals surface area contributed by atoms with Crippen LogP contribution in [-0.2, 0) is 0 Å². The van der Waals surface area contributed by atoms with Gasteiger partial charge in [-0.15, -0.1) is 0 Å². The van der Waals surface area contributed by atoms with Gasteiger partial charge in [-0.2, -0.15) is 0 Å². The molecule has 1 aromatic carbocycles. The number of aliphatic hydroxyl groups excluding tert-OH is 1. The standard InChI is InChI=1S/C14H17N5O3/c1-8(2)12(11(20)7-17-15)18-13(21)9-5-3-4-6-10(9)14(22)19-16/h3-8,12,15-16H,1-2H3,(H2,18,20,21)/p+1/b11-7+. The number of hydrogen-bond acceptors (Lipinski definition) is 5. The monoisotopic (exact) mass is 304 g/mol. The molecule has 0 spiro atoms. The topological polar surface area (TPSA) is 133 Å². The summed E-state index contributed by atoms with van der Waals surface area (Å²) in [6, 6.07) is 5.36. The number of amides is 2. The maximum atomic E-state index is 12.3. The van der Waals surface area contributed by atoms with Gasteiger partial charge in [-0.05, 0) is 18.1 Å². The summed E-state index contributed by atoms with van der Waals surface area (Å²) in [6.07, 6.45) is 0.837. The van der Waals surface area contributed by atoms with Crippen molar-refractivity contribution < 1.29 is 14.7 Å². The van der Waals surface area contributed by atoms with E-state index in [-0.39, 0.29) is 22.8 Å². The Morgan fingerprint density at radius 1 is 1.27 bits per heavy atom. The van der Waals surface area contributed by atoms with E-state index in [0.717, 1.165) is 6.20 Å². The molecule has 8 heteroatoms. The van der Waals surface area contributed by atoms with Crippen LogP contribution in [0, 0.1) is 11.3 Å². The molecular weight excluding hydrogens is 286 g/mol. The van der Waals surface area contributed by atoms with Crippen molar-refractivity contribution in [1.82, 2.24) is 10.7 Å². The summed E-state index contributed by atoms with van der Waals surface area (Å²) < 4.78 is 0. The van der Waals surface area contributed by atoms with Crippen molar-refractivity contribution in [3.05, 3.63) is 52.3 Å². The third-order valence-electron chi connectivity index (χ3n) is 3.01. The highest BCUT2D eigenvalue weighted by Crippen LogP contribution is 2.14. The van der Waals surface area contributed by atoms with Crippen molar-refractivity contribution in [1.29, 1.82) is 5.39 Å². The minimum atomic E-state index is -0.766. The van der Waals surface area contributed by atoms with E-state index in [0.29, 0.717) is 0 Å². The molecule has 0 fully saturated rings. The van der Waals surface area contributed by atoms with E-state index in [1.807, 2.05) is 5.43 Å². The summed E-state index contributed by atoms with van der Waals surface area (Å²) in [7, 11) is 0. The molecule has 0 radical (unpaired) electrons. The highest BCUT2D eigenvalue weighted by Gasteiger charge is 2.25. The molecule has 2 amide bonds. The Morgan fingerprint density at radius 3 is 2.27 bits per heavy atom. The van der Waals surface area contributed by atoms with Gasteiger partial charge < -0.3 is 10.4 Å². The lowest BCUT2D eigenvalue weighted by atomic mass is 10.0. The summed E-state index contributed by atoms with van der Waals surface area (Å²) in [5, 5.41) is 20.9. The van der Waals surface area contributed by atoms with Gasteiger partial charge in [-0.25, -0.2) is 5.84 Å². The van der Waals surface area contributed by atoms with Crippen LogP contribution in [0.15, 0.2) is 36.2 Å². The molecule has 1 rings (SSSR count). The van der Waals surface area contributed by atoms with Crippen LogP contribution in [0.2, 0.25) is 0 Å². The van der Waals surface area contributed by atoms with Crippen molar-refractivity contribution >= 4 is 11.8 Å². The van der Waals surface area contributed by atoms with E-state index in [1.165, 1.54) is 12.1 Å². The molecule has 116 valence electrons. The van der Waals surface area contributed by atoms with Crippen LogP contribution in [-0.4, -0.2) is 23.0 Å². The minimum absolute atomic E-state index is 0.111. The second-order valence-corrected chi connectivity index (χ2v) is 4.88. The van der Waals surface area contributed by atoms with Crippen LogP contribution < -0.4 is 16.6 Å². The van der Waals surface area contributed by atoms with Gasteiger partial charge in [0.25, 0.3) is 11.8 Å². The normalized spacial score (nSPS) is 12.4. The molecule has 0 heterocycles. The van der Waals surface area contributed by atoms with Crippen molar-refractivity contribution in [2.75, 3.05) is 0 Å². The molecule has 0 aromatic heterocycles. The van der Waals surface area contributed by atoms with Crippen LogP contribution >= 0.6 is 0 Å². The number of benzene rings is 1. The largest absolute Gasteiger partial charge is 0.504 e. The first-order chi connectivity index (χ1) is 10.4. The fraction of sp³-hybridized carbons (Fsp3) is 0.286. The third-order valence-corrected chi connectivity index (χ3v) is 3.01. The average molecular weight is 304 g/mol. The number of rotatable bonds is 5. The number of nitrogens with zero attached hydrogens (tertiary/aromatic N) is 2. The van der Waals surface area contributed by atoms with E-state index in [9.17, 15) is 14.7 Å². The third kappa shape index (κ3) is 4.04. The van der Waals surface area contributed by atoms with Crippen molar-refractivity contribution in [2.24, 2.45) is 11.8 Å². The average Bonchev–Trinajstić information content (AvgIpc) is 2.51. The molecule has 8 nitrogen and oxygen atoms in total. The Kier molecular flexibility index (Phi) is 6.04. The first kappa shape index (κ1) is 17.1. The van der Waals surface area contributed by atoms with Gasteiger partial charge in [0.15, 0.2) is 4.98 Å². The second-order valence-electron chi connectivity index (χ2n) is 4.88. The molecule has 0 bridgehead atoms. The number of nitrogens with two attached hydrogens (primary N) is 1. The number of carbonyl (C=O) groups excluding carboxylic acids is 2. The molecule has 0 aliphatic carbocycles. The molecule has 5 N–H and O–H groups in total. The Hall–Kier alpha value is -2.92. The van der Waals surface area contributed by atoms with Gasteiger partial charge in [0, 0.05) is 0 Å². The summed E-state index contributed by atoms with van der Waals surface area (Å²) in [5.41, 5.74) is 2.19. The summed E-state index contributed by atoms with van der Waals surface area (Å²) in [4.78, 5) is 26.7. The lowest BCUT2D eigenvalue weighted by molar-refractivity contribution is 0.0900. The van der Waals surface area contributed by atoms with Crippen LogP contribution in [0.4, 0.5) is 0 Å². The van der Waals surface area contributed by atoms with Crippen LogP contribution in [0.3, 0.4) is 0 Å². The van der Waals surface area contributed by atoms with Crippen molar-refractivity contribution in [2.45, 2.75) is 19.9 Å². The number of diazo groups is 1. The molecule has 0 aliphatic heterocycles. The fourth-order valence-electron chi connectivity index (χ4n) is 1.90. The smallest absolute Gasteiger partial charge is 0.389 e. The lowest BCUT2D eigenvalue weighted by Crippen LogP contribution is -2.41. The maximum Gasteiger partial charge on any atom is 0.389 e. The molecule has 1 aromatic rings. The molecule has 1 unspecified atom stereocenters. The molecular formula is C14H18N5O3+. The maximum absolute atomic E-state index is 12.3. The summed E-state index contributed by atoms with van der Waals surface area (Å²) in [6.45, 7) is 3.54. The molecule has 1 atom stereocenters. The molecule has 0 saturated heterocycles.